The summed E-state index contributed by atoms with van der Waals surface area (Å²) < 4.78 is 15.1. The zero-order valence-electron chi connectivity index (χ0n) is 29.6. The molecular formula is C49H27BrN4O2. The van der Waals surface area contributed by atoms with E-state index in [0.717, 1.165) is 92.8 Å². The first-order valence-electron chi connectivity index (χ1n) is 17.9. The molecule has 0 bridgehead atoms. The average Bonchev–Trinajstić information content (AvgIpc) is 3.92. The van der Waals surface area contributed by atoms with E-state index in [1.54, 1.807) is 12.1 Å². The molecule has 4 aromatic heterocycles. The van der Waals surface area contributed by atoms with Gasteiger partial charge in [-0.2, -0.15) is 0 Å². The highest BCUT2D eigenvalue weighted by molar-refractivity contribution is 9.10. The van der Waals surface area contributed by atoms with Gasteiger partial charge in [0.2, 0.25) is 0 Å². The molecule has 0 spiro atoms. The molecule has 262 valence electrons. The third-order valence-corrected chi connectivity index (χ3v) is 10.7. The van der Waals surface area contributed by atoms with Gasteiger partial charge in [-0.05, 0) is 113 Å². The molecule has 56 heavy (non-hydrogen) atoms. The Morgan fingerprint density at radius 3 is 1.62 bits per heavy atom. The zero-order valence-corrected chi connectivity index (χ0v) is 31.2. The highest BCUT2D eigenvalue weighted by Gasteiger charge is 2.15. The Bertz CT molecular complexity index is 3380. The van der Waals surface area contributed by atoms with Crippen LogP contribution in [0.4, 0.5) is 11.4 Å². The minimum Gasteiger partial charge on any atom is -0.456 e. The van der Waals surface area contributed by atoms with Gasteiger partial charge in [-0.3, -0.25) is 4.57 Å². The van der Waals surface area contributed by atoms with E-state index in [9.17, 15) is 0 Å². The van der Waals surface area contributed by atoms with Gasteiger partial charge in [0.15, 0.2) is 11.4 Å². The first-order valence-corrected chi connectivity index (χ1v) is 18.7. The number of fused-ring (bicyclic) bond motifs is 9. The van der Waals surface area contributed by atoms with Crippen molar-refractivity contribution >= 4 is 93.1 Å². The van der Waals surface area contributed by atoms with Crippen molar-refractivity contribution in [2.45, 2.75) is 0 Å². The van der Waals surface area contributed by atoms with Gasteiger partial charge in [-0.25, -0.2) is 14.7 Å². The molecule has 11 rings (SSSR count). The molecule has 11 aromatic rings. The quantitative estimate of drug-likeness (QED) is 0.168. The topological polar surface area (TPSA) is 52.8 Å². The number of rotatable bonds is 3. The van der Waals surface area contributed by atoms with Crippen LogP contribution in [0.5, 0.6) is 0 Å². The molecule has 0 saturated heterocycles. The number of furan rings is 2. The van der Waals surface area contributed by atoms with E-state index in [-0.39, 0.29) is 0 Å². The average molecular weight is 784 g/mol. The summed E-state index contributed by atoms with van der Waals surface area (Å²) in [5, 5.41) is 6.34. The van der Waals surface area contributed by atoms with Gasteiger partial charge in [0.25, 0.3) is 0 Å². The Balaban J connectivity index is 0.000000151. The fourth-order valence-electron chi connectivity index (χ4n) is 7.58. The van der Waals surface area contributed by atoms with Crippen molar-refractivity contribution in [2.24, 2.45) is 0 Å². The Hall–Kier alpha value is -7.45. The van der Waals surface area contributed by atoms with Gasteiger partial charge in [-0.1, -0.05) is 82.7 Å². The lowest BCUT2D eigenvalue weighted by Crippen LogP contribution is -1.95. The van der Waals surface area contributed by atoms with Crippen molar-refractivity contribution in [3.8, 4) is 27.9 Å². The van der Waals surface area contributed by atoms with Crippen LogP contribution in [-0.4, -0.2) is 9.55 Å². The van der Waals surface area contributed by atoms with Gasteiger partial charge in [0, 0.05) is 48.7 Å². The lowest BCUT2D eigenvalue weighted by Gasteiger charge is -2.10. The second-order valence-corrected chi connectivity index (χ2v) is 14.4. The summed E-state index contributed by atoms with van der Waals surface area (Å²) in [6.07, 6.45) is 1.84. The van der Waals surface area contributed by atoms with Crippen molar-refractivity contribution in [3.63, 3.8) is 0 Å². The summed E-state index contributed by atoms with van der Waals surface area (Å²) in [5.74, 6) is 0. The predicted molar refractivity (Wildman–Crippen MR) is 231 cm³/mol. The molecule has 0 fully saturated rings. The highest BCUT2D eigenvalue weighted by atomic mass is 79.9. The summed E-state index contributed by atoms with van der Waals surface area (Å²) in [7, 11) is 0. The van der Waals surface area contributed by atoms with Gasteiger partial charge >= 0.3 is 0 Å². The molecule has 0 radical (unpaired) electrons. The second kappa shape index (κ2) is 13.4. The predicted octanol–water partition coefficient (Wildman–Crippen LogP) is 14.9. The Morgan fingerprint density at radius 2 is 1.00 bits per heavy atom. The molecule has 7 heteroatoms. The molecule has 6 nitrogen and oxygen atoms in total. The first kappa shape index (κ1) is 33.1. The largest absolute Gasteiger partial charge is 0.456 e. The van der Waals surface area contributed by atoms with Crippen LogP contribution < -0.4 is 0 Å². The van der Waals surface area contributed by atoms with E-state index >= 15 is 0 Å². The number of aromatic nitrogens is 2. The Morgan fingerprint density at radius 1 is 0.464 bits per heavy atom. The third kappa shape index (κ3) is 5.67. The van der Waals surface area contributed by atoms with Gasteiger partial charge in [-0.15, -0.1) is 0 Å². The van der Waals surface area contributed by atoms with E-state index in [1.165, 1.54) is 5.39 Å². The van der Waals surface area contributed by atoms with Crippen molar-refractivity contribution in [2.75, 3.05) is 0 Å². The Labute approximate surface area is 329 Å². The van der Waals surface area contributed by atoms with Gasteiger partial charge in [0.05, 0.1) is 18.7 Å². The number of halogens is 1. The molecule has 7 aromatic carbocycles. The van der Waals surface area contributed by atoms with Crippen LogP contribution in [0.2, 0.25) is 0 Å². The number of para-hydroxylation sites is 1. The Kier molecular flexibility index (Phi) is 7.96. The zero-order chi connectivity index (χ0) is 37.8. The van der Waals surface area contributed by atoms with Crippen molar-refractivity contribution < 1.29 is 8.83 Å². The van der Waals surface area contributed by atoms with Gasteiger partial charge < -0.3 is 8.83 Å². The maximum atomic E-state index is 7.35. The summed E-state index contributed by atoms with van der Waals surface area (Å²) >= 11 is 3.51. The van der Waals surface area contributed by atoms with Crippen LogP contribution in [0.25, 0.3) is 103 Å². The number of benzene rings is 7. The maximum absolute atomic E-state index is 7.35. The van der Waals surface area contributed by atoms with E-state index in [2.05, 4.69) is 121 Å². The molecule has 0 aliphatic rings. The number of nitrogens with zero attached hydrogens (tertiary/aromatic N) is 4. The number of hydrogen-bond acceptors (Lipinski definition) is 3. The summed E-state index contributed by atoms with van der Waals surface area (Å²) in [6.45, 7) is 14.5. The molecule has 0 atom stereocenters. The van der Waals surface area contributed by atoms with E-state index in [0.29, 0.717) is 11.4 Å². The lowest BCUT2D eigenvalue weighted by atomic mass is 10.0. The minimum atomic E-state index is 0.612. The maximum Gasteiger partial charge on any atom is 0.188 e. The molecule has 0 N–H and O–H groups in total. The van der Waals surface area contributed by atoms with Crippen LogP contribution in [0, 0.1) is 13.1 Å². The normalized spacial score (nSPS) is 11.3. The summed E-state index contributed by atoms with van der Waals surface area (Å²) in [5.41, 5.74) is 12.1. The van der Waals surface area contributed by atoms with Gasteiger partial charge in [0.1, 0.15) is 28.0 Å². The minimum absolute atomic E-state index is 0.612. The standard InChI is InChI=1S/C30H17N3O.C19H10BrNO/c1-31-21-12-14-29-26(18-21)25-17-20(11-13-28(25)34-29)19-6-4-7-22(16-19)33-27-10-3-2-8-23(27)24-9-5-15-32-30(24)33;1-21-15-6-8-19-17(11-15)16-10-13(5-7-18(16)22-19)12-3-2-4-14(20)9-12/h2-18H;2-11H. The third-order valence-electron chi connectivity index (χ3n) is 10.2. The molecule has 0 unspecified atom stereocenters. The van der Waals surface area contributed by atoms with Crippen molar-refractivity contribution in [1.82, 2.24) is 9.55 Å². The SMILES string of the molecule is [C-]#[N+]c1ccc2oc3ccc(-c4cccc(-n5c6ccccc6c6cccnc65)c4)cc3c2c1.[C-]#[N+]c1ccc2oc3ccc(-c4cccc(Br)c4)cc3c2c1. The van der Waals surface area contributed by atoms with Crippen molar-refractivity contribution in [3.05, 3.63) is 191 Å². The van der Waals surface area contributed by atoms with Crippen LogP contribution in [0.3, 0.4) is 0 Å². The lowest BCUT2D eigenvalue weighted by molar-refractivity contribution is 0.668. The van der Waals surface area contributed by atoms with Crippen molar-refractivity contribution in [1.29, 1.82) is 0 Å². The van der Waals surface area contributed by atoms with Crippen LogP contribution >= 0.6 is 15.9 Å². The molecule has 0 saturated carbocycles. The molecule has 0 amide bonds. The van der Waals surface area contributed by atoms with Crippen LogP contribution in [-0.2, 0) is 0 Å². The van der Waals surface area contributed by atoms with E-state index < -0.39 is 0 Å². The fraction of sp³-hybridized carbons (Fsp3) is 0. The summed E-state index contributed by atoms with van der Waals surface area (Å²) in [6, 6.07) is 52.8. The highest BCUT2D eigenvalue weighted by Crippen LogP contribution is 2.37. The first-order chi connectivity index (χ1) is 27.5. The van der Waals surface area contributed by atoms with Crippen LogP contribution in [0.15, 0.2) is 177 Å². The summed E-state index contributed by atoms with van der Waals surface area (Å²) in [4.78, 5) is 11.8. The smallest absolute Gasteiger partial charge is 0.188 e. The number of hydrogen-bond donors (Lipinski definition) is 0. The molecule has 4 heterocycles. The molecular weight excluding hydrogens is 756 g/mol. The number of pyridine rings is 1. The van der Waals surface area contributed by atoms with E-state index in [4.69, 9.17) is 27.0 Å². The monoisotopic (exact) mass is 782 g/mol. The molecule has 0 aliphatic heterocycles. The second-order valence-electron chi connectivity index (χ2n) is 13.5. The van der Waals surface area contributed by atoms with Crippen LogP contribution in [0.1, 0.15) is 0 Å². The molecule has 0 aliphatic carbocycles. The fourth-order valence-corrected chi connectivity index (χ4v) is 7.98. The van der Waals surface area contributed by atoms with E-state index in [1.807, 2.05) is 60.8 Å².